The van der Waals surface area contributed by atoms with E-state index in [1.807, 2.05) is 12.1 Å². The van der Waals surface area contributed by atoms with Gasteiger partial charge in [-0.2, -0.15) is 0 Å². The summed E-state index contributed by atoms with van der Waals surface area (Å²) in [5.74, 6) is 0.968. The Labute approximate surface area is 208 Å². The molecule has 1 saturated heterocycles. The van der Waals surface area contributed by atoms with Gasteiger partial charge in [0.25, 0.3) is 5.91 Å². The Morgan fingerprint density at radius 1 is 0.853 bits per heavy atom. The molecule has 2 heterocycles. The van der Waals surface area contributed by atoms with Gasteiger partial charge in [-0.15, -0.1) is 0 Å². The first-order valence-corrected chi connectivity index (χ1v) is 14.1. The van der Waals surface area contributed by atoms with Crippen LogP contribution in [0.1, 0.15) is 107 Å². The molecule has 0 saturated carbocycles. The summed E-state index contributed by atoms with van der Waals surface area (Å²) in [5, 5.41) is 11.8. The predicted octanol–water partition coefficient (Wildman–Crippen LogP) is 5.41. The standard InChI is InChI=1S/C28H50N4O2/c1-2-3-19-31-20-22-32(23-21-31)27-17-16-26(25-30-27)28(34)29-18-14-12-10-8-6-4-5-7-9-11-13-15-24-33/h16-17,25,33H,2-15,18-24H2,1H3,(H,29,34). The molecule has 0 bridgehead atoms. The molecule has 0 atom stereocenters. The van der Waals surface area contributed by atoms with Gasteiger partial charge in [-0.05, 0) is 37.9 Å². The number of nitrogens with one attached hydrogen (secondary N) is 1. The second kappa shape index (κ2) is 18.6. The number of aromatic nitrogens is 1. The molecule has 1 aromatic heterocycles. The summed E-state index contributed by atoms with van der Waals surface area (Å²) in [5.41, 5.74) is 0.654. The fourth-order valence-electron chi connectivity index (χ4n) is 4.60. The van der Waals surface area contributed by atoms with E-state index in [0.29, 0.717) is 12.2 Å². The van der Waals surface area contributed by atoms with Crippen LogP contribution in [0.4, 0.5) is 5.82 Å². The third-order valence-electron chi connectivity index (χ3n) is 6.90. The third-order valence-corrected chi connectivity index (χ3v) is 6.90. The molecule has 2 rings (SSSR count). The fraction of sp³-hybridized carbons (Fsp3) is 0.786. The molecule has 0 aliphatic carbocycles. The average Bonchev–Trinajstić information content (AvgIpc) is 2.88. The molecule has 1 aliphatic rings. The number of hydrogen-bond donors (Lipinski definition) is 2. The van der Waals surface area contributed by atoms with Crippen molar-refractivity contribution in [2.45, 2.75) is 96.8 Å². The van der Waals surface area contributed by atoms with Gasteiger partial charge in [0.05, 0.1) is 5.56 Å². The maximum atomic E-state index is 12.4. The highest BCUT2D eigenvalue weighted by atomic mass is 16.2. The largest absolute Gasteiger partial charge is 0.396 e. The summed E-state index contributed by atoms with van der Waals surface area (Å²) in [6.45, 7) is 8.73. The minimum Gasteiger partial charge on any atom is -0.396 e. The Morgan fingerprint density at radius 2 is 1.44 bits per heavy atom. The van der Waals surface area contributed by atoms with Crippen molar-refractivity contribution in [2.24, 2.45) is 0 Å². The Morgan fingerprint density at radius 3 is 1.97 bits per heavy atom. The van der Waals surface area contributed by atoms with E-state index < -0.39 is 0 Å². The normalized spacial score (nSPS) is 14.5. The van der Waals surface area contributed by atoms with Crippen LogP contribution in [0.25, 0.3) is 0 Å². The Hall–Kier alpha value is -1.66. The first-order chi connectivity index (χ1) is 16.7. The smallest absolute Gasteiger partial charge is 0.252 e. The maximum absolute atomic E-state index is 12.4. The number of piperazine rings is 1. The van der Waals surface area contributed by atoms with E-state index in [1.54, 1.807) is 6.20 Å². The molecule has 0 radical (unpaired) electrons. The zero-order valence-electron chi connectivity index (χ0n) is 21.8. The summed E-state index contributed by atoms with van der Waals surface area (Å²) in [7, 11) is 0. The Bertz CT molecular complexity index is 630. The van der Waals surface area contributed by atoms with Crippen molar-refractivity contribution in [3.05, 3.63) is 23.9 Å². The molecular formula is C28H50N4O2. The number of aliphatic hydroxyl groups excluding tert-OH is 1. The van der Waals surface area contributed by atoms with Crippen molar-refractivity contribution >= 4 is 11.7 Å². The minimum atomic E-state index is -0.0116. The molecule has 1 aromatic rings. The number of hydrogen-bond acceptors (Lipinski definition) is 5. The quantitative estimate of drug-likeness (QED) is 0.263. The van der Waals surface area contributed by atoms with Crippen LogP contribution in [0.15, 0.2) is 18.3 Å². The van der Waals surface area contributed by atoms with Crippen molar-refractivity contribution in [3.63, 3.8) is 0 Å². The van der Waals surface area contributed by atoms with Gasteiger partial charge in [-0.1, -0.05) is 77.6 Å². The molecule has 2 N–H and O–H groups in total. The van der Waals surface area contributed by atoms with Crippen molar-refractivity contribution in [2.75, 3.05) is 50.8 Å². The highest BCUT2D eigenvalue weighted by Gasteiger charge is 2.17. The Kier molecular flexibility index (Phi) is 15.7. The van der Waals surface area contributed by atoms with Crippen LogP contribution in [-0.2, 0) is 0 Å². The van der Waals surface area contributed by atoms with Crippen LogP contribution in [-0.4, -0.2) is 66.8 Å². The SMILES string of the molecule is CCCCN1CCN(c2ccc(C(=O)NCCCCCCCCCCCCCCO)cn2)CC1. The highest BCUT2D eigenvalue weighted by Crippen LogP contribution is 2.15. The molecule has 194 valence electrons. The van der Waals surface area contributed by atoms with Crippen LogP contribution >= 0.6 is 0 Å². The van der Waals surface area contributed by atoms with Gasteiger partial charge >= 0.3 is 0 Å². The molecule has 1 fully saturated rings. The summed E-state index contributed by atoms with van der Waals surface area (Å²) in [6, 6.07) is 3.90. The molecule has 6 nitrogen and oxygen atoms in total. The Balaban J connectivity index is 1.47. The van der Waals surface area contributed by atoms with E-state index >= 15 is 0 Å². The predicted molar refractivity (Wildman–Crippen MR) is 143 cm³/mol. The van der Waals surface area contributed by atoms with Crippen molar-refractivity contribution in [3.8, 4) is 0 Å². The number of amides is 1. The molecular weight excluding hydrogens is 424 g/mol. The summed E-state index contributed by atoms with van der Waals surface area (Å²) in [6.07, 6.45) is 19.1. The minimum absolute atomic E-state index is 0.0116. The lowest BCUT2D eigenvalue weighted by Gasteiger charge is -2.35. The monoisotopic (exact) mass is 474 g/mol. The van der Waals surface area contributed by atoms with Crippen LogP contribution in [0, 0.1) is 0 Å². The molecule has 6 heteroatoms. The highest BCUT2D eigenvalue weighted by molar-refractivity contribution is 5.94. The van der Waals surface area contributed by atoms with Crippen molar-refractivity contribution < 1.29 is 9.90 Å². The van der Waals surface area contributed by atoms with Gasteiger partial charge in [0.1, 0.15) is 5.82 Å². The summed E-state index contributed by atoms with van der Waals surface area (Å²) >= 11 is 0. The number of anilines is 1. The van der Waals surface area contributed by atoms with Crippen LogP contribution in [0.2, 0.25) is 0 Å². The van der Waals surface area contributed by atoms with Gasteiger partial charge in [0, 0.05) is 45.5 Å². The van der Waals surface area contributed by atoms with Gasteiger partial charge in [-0.25, -0.2) is 4.98 Å². The molecule has 0 spiro atoms. The van der Waals surface area contributed by atoms with E-state index in [4.69, 9.17) is 5.11 Å². The van der Waals surface area contributed by atoms with E-state index in [0.717, 1.165) is 51.4 Å². The van der Waals surface area contributed by atoms with Gasteiger partial charge in [-0.3, -0.25) is 9.69 Å². The summed E-state index contributed by atoms with van der Waals surface area (Å²) < 4.78 is 0. The second-order valence-electron chi connectivity index (χ2n) is 9.81. The van der Waals surface area contributed by atoms with Gasteiger partial charge < -0.3 is 15.3 Å². The average molecular weight is 475 g/mol. The molecule has 0 aromatic carbocycles. The number of aliphatic hydroxyl groups is 1. The van der Waals surface area contributed by atoms with E-state index in [2.05, 4.69) is 27.0 Å². The fourth-order valence-corrected chi connectivity index (χ4v) is 4.60. The maximum Gasteiger partial charge on any atom is 0.252 e. The van der Waals surface area contributed by atoms with E-state index in [-0.39, 0.29) is 5.91 Å². The first-order valence-electron chi connectivity index (χ1n) is 14.1. The number of carbonyl (C=O) groups is 1. The molecule has 0 unspecified atom stereocenters. The zero-order valence-corrected chi connectivity index (χ0v) is 21.8. The lowest BCUT2D eigenvalue weighted by Crippen LogP contribution is -2.46. The van der Waals surface area contributed by atoms with Crippen LogP contribution in [0.5, 0.6) is 0 Å². The lowest BCUT2D eigenvalue weighted by atomic mass is 10.1. The van der Waals surface area contributed by atoms with Gasteiger partial charge in [0.2, 0.25) is 0 Å². The van der Waals surface area contributed by atoms with E-state index in [1.165, 1.54) is 83.6 Å². The lowest BCUT2D eigenvalue weighted by molar-refractivity contribution is 0.0952. The number of pyridine rings is 1. The number of nitrogens with zero attached hydrogens (tertiary/aromatic N) is 3. The number of carbonyl (C=O) groups excluding carboxylic acids is 1. The molecule has 1 aliphatic heterocycles. The first kappa shape index (κ1) is 28.6. The third kappa shape index (κ3) is 12.2. The van der Waals surface area contributed by atoms with Crippen LogP contribution < -0.4 is 10.2 Å². The molecule has 1 amide bonds. The topological polar surface area (TPSA) is 68.7 Å². The second-order valence-corrected chi connectivity index (χ2v) is 9.81. The van der Waals surface area contributed by atoms with Crippen molar-refractivity contribution in [1.29, 1.82) is 0 Å². The zero-order chi connectivity index (χ0) is 24.3. The van der Waals surface area contributed by atoms with Crippen LogP contribution in [0.3, 0.4) is 0 Å². The number of unbranched alkanes of at least 4 members (excludes halogenated alkanes) is 12. The van der Waals surface area contributed by atoms with E-state index in [9.17, 15) is 4.79 Å². The van der Waals surface area contributed by atoms with Crippen molar-refractivity contribution in [1.82, 2.24) is 15.2 Å². The van der Waals surface area contributed by atoms with Gasteiger partial charge in [0.15, 0.2) is 0 Å². The number of rotatable bonds is 19. The summed E-state index contributed by atoms with van der Waals surface area (Å²) in [4.78, 5) is 21.8. The molecule has 34 heavy (non-hydrogen) atoms.